The summed E-state index contributed by atoms with van der Waals surface area (Å²) in [5.74, 6) is -0.106. The van der Waals surface area contributed by atoms with Crippen molar-refractivity contribution in [3.63, 3.8) is 0 Å². The summed E-state index contributed by atoms with van der Waals surface area (Å²) in [5.41, 5.74) is 2.02. The first-order valence-electron chi connectivity index (χ1n) is 3.94. The maximum Gasteiger partial charge on any atom is 0.132 e. The zero-order chi connectivity index (χ0) is 9.42. The summed E-state index contributed by atoms with van der Waals surface area (Å²) < 4.78 is 14.5. The zero-order valence-corrected chi connectivity index (χ0v) is 9.51. The summed E-state index contributed by atoms with van der Waals surface area (Å²) in [6, 6.07) is 3.61. The summed E-state index contributed by atoms with van der Waals surface area (Å²) in [7, 11) is 0. The molecule has 3 heteroatoms. The van der Waals surface area contributed by atoms with Crippen LogP contribution in [0.4, 0.5) is 4.39 Å². The highest BCUT2D eigenvalue weighted by Crippen LogP contribution is 2.30. The molecule has 68 valence electrons. The highest BCUT2D eigenvalue weighted by atomic mass is 79.9. The van der Waals surface area contributed by atoms with E-state index >= 15 is 0 Å². The van der Waals surface area contributed by atoms with E-state index < -0.39 is 0 Å². The van der Waals surface area contributed by atoms with Gasteiger partial charge in [0, 0.05) is 15.4 Å². The second-order valence-electron chi connectivity index (χ2n) is 3.01. The van der Waals surface area contributed by atoms with Gasteiger partial charge >= 0.3 is 0 Å². The Labute approximate surface area is 88.5 Å². The van der Waals surface area contributed by atoms with Crippen LogP contribution in [0.1, 0.15) is 11.1 Å². The van der Waals surface area contributed by atoms with Crippen LogP contribution in [0.5, 0.6) is 0 Å². The summed E-state index contributed by atoms with van der Waals surface area (Å²) in [6.07, 6.45) is 0. The second-order valence-corrected chi connectivity index (χ2v) is 4.49. The number of hydrogen-bond acceptors (Lipinski definition) is 1. The maximum absolute atomic E-state index is 13.5. The smallest absolute Gasteiger partial charge is 0.132 e. The Hall–Kier alpha value is -0.410. The second kappa shape index (κ2) is 3.39. The Balaban J connectivity index is 2.82. The van der Waals surface area contributed by atoms with Crippen molar-refractivity contribution < 1.29 is 4.39 Å². The average molecular weight is 259 g/mol. The van der Waals surface area contributed by atoms with Crippen molar-refractivity contribution in [2.45, 2.75) is 12.3 Å². The Morgan fingerprint density at radius 1 is 1.46 bits per heavy atom. The molecule has 0 amide bonds. The highest BCUT2D eigenvalue weighted by Gasteiger charge is 2.08. The van der Waals surface area contributed by atoms with Crippen LogP contribution in [0.2, 0.25) is 0 Å². The molecule has 0 radical (unpaired) electrons. The molecule has 0 nitrogen and oxygen atoms in total. The van der Waals surface area contributed by atoms with Crippen LogP contribution < -0.4 is 0 Å². The molecule has 0 fully saturated rings. The van der Waals surface area contributed by atoms with Crippen molar-refractivity contribution in [2.24, 2.45) is 0 Å². The lowest BCUT2D eigenvalue weighted by atomic mass is 10.1. The van der Waals surface area contributed by atoms with Crippen LogP contribution in [0.3, 0.4) is 0 Å². The van der Waals surface area contributed by atoms with E-state index in [-0.39, 0.29) is 5.82 Å². The van der Waals surface area contributed by atoms with Gasteiger partial charge in [0.25, 0.3) is 0 Å². The molecular formula is C10H8BrFS. The molecule has 1 aromatic heterocycles. The molecule has 0 unspecified atom stereocenters. The predicted molar refractivity (Wildman–Crippen MR) is 59.2 cm³/mol. The first-order valence-corrected chi connectivity index (χ1v) is 5.94. The number of alkyl halides is 1. The third-order valence-corrected chi connectivity index (χ3v) is 3.57. The fourth-order valence-corrected chi connectivity index (χ4v) is 3.13. The number of aryl methyl sites for hydroxylation is 1. The number of fused-ring (bicyclic) bond motifs is 1. The molecule has 13 heavy (non-hydrogen) atoms. The number of benzene rings is 1. The first-order chi connectivity index (χ1) is 6.22. The minimum atomic E-state index is -0.106. The standard InChI is InChI=1S/C10H8BrFS/c1-6-2-8(12)10-7(4-11)5-13-9(10)3-6/h2-3,5H,4H2,1H3. The van der Waals surface area contributed by atoms with Gasteiger partial charge in [0.05, 0.1) is 0 Å². The van der Waals surface area contributed by atoms with Crippen LogP contribution in [0, 0.1) is 12.7 Å². The van der Waals surface area contributed by atoms with Gasteiger partial charge in [-0.15, -0.1) is 11.3 Å². The molecular weight excluding hydrogens is 251 g/mol. The van der Waals surface area contributed by atoms with Crippen molar-refractivity contribution in [3.8, 4) is 0 Å². The number of rotatable bonds is 1. The molecule has 0 spiro atoms. The van der Waals surface area contributed by atoms with E-state index in [9.17, 15) is 4.39 Å². The van der Waals surface area contributed by atoms with Crippen molar-refractivity contribution in [1.82, 2.24) is 0 Å². The van der Waals surface area contributed by atoms with Gasteiger partial charge in [-0.2, -0.15) is 0 Å². The minimum Gasteiger partial charge on any atom is -0.206 e. The molecule has 2 rings (SSSR count). The molecule has 0 aliphatic carbocycles. The van der Waals surface area contributed by atoms with E-state index in [1.165, 1.54) is 0 Å². The maximum atomic E-state index is 13.5. The molecule has 0 N–H and O–H groups in total. The molecule has 0 bridgehead atoms. The van der Waals surface area contributed by atoms with Crippen LogP contribution >= 0.6 is 27.3 Å². The third-order valence-electron chi connectivity index (χ3n) is 1.99. The third kappa shape index (κ3) is 1.51. The van der Waals surface area contributed by atoms with E-state index in [4.69, 9.17) is 0 Å². The highest BCUT2D eigenvalue weighted by molar-refractivity contribution is 9.08. The normalized spacial score (nSPS) is 11.0. The summed E-state index contributed by atoms with van der Waals surface area (Å²) >= 11 is 4.95. The summed E-state index contributed by atoms with van der Waals surface area (Å²) in [4.78, 5) is 0. The van der Waals surface area contributed by atoms with Crippen LogP contribution in [0.25, 0.3) is 10.1 Å². The topological polar surface area (TPSA) is 0 Å². The molecule has 0 saturated heterocycles. The lowest BCUT2D eigenvalue weighted by Gasteiger charge is -1.97. The Bertz CT molecular complexity index is 447. The van der Waals surface area contributed by atoms with E-state index in [1.807, 2.05) is 18.4 Å². The first kappa shape index (κ1) is 9.16. The Morgan fingerprint density at radius 3 is 2.92 bits per heavy atom. The van der Waals surface area contributed by atoms with Gasteiger partial charge in [-0.25, -0.2) is 4.39 Å². The lowest BCUT2D eigenvalue weighted by Crippen LogP contribution is -1.81. The minimum absolute atomic E-state index is 0.106. The molecule has 0 aliphatic rings. The molecule has 0 atom stereocenters. The fraction of sp³-hybridized carbons (Fsp3) is 0.200. The SMILES string of the molecule is Cc1cc(F)c2c(CBr)csc2c1. The van der Waals surface area contributed by atoms with E-state index in [0.717, 1.165) is 21.2 Å². The fourth-order valence-electron chi connectivity index (χ4n) is 1.41. The monoisotopic (exact) mass is 258 g/mol. The molecule has 1 aromatic carbocycles. The van der Waals surface area contributed by atoms with E-state index in [0.29, 0.717) is 5.33 Å². The van der Waals surface area contributed by atoms with Crippen molar-refractivity contribution in [1.29, 1.82) is 0 Å². The van der Waals surface area contributed by atoms with E-state index in [2.05, 4.69) is 15.9 Å². The van der Waals surface area contributed by atoms with Crippen molar-refractivity contribution >= 4 is 37.4 Å². The van der Waals surface area contributed by atoms with Crippen LogP contribution in [0.15, 0.2) is 17.5 Å². The Morgan fingerprint density at radius 2 is 2.23 bits per heavy atom. The van der Waals surface area contributed by atoms with Crippen molar-refractivity contribution in [2.75, 3.05) is 0 Å². The van der Waals surface area contributed by atoms with Gasteiger partial charge in [-0.3, -0.25) is 0 Å². The summed E-state index contributed by atoms with van der Waals surface area (Å²) in [6.45, 7) is 1.91. The van der Waals surface area contributed by atoms with Gasteiger partial charge in [-0.05, 0) is 35.6 Å². The average Bonchev–Trinajstić information content (AvgIpc) is 2.47. The molecule has 2 aromatic rings. The Kier molecular flexibility index (Phi) is 2.39. The van der Waals surface area contributed by atoms with Gasteiger partial charge in [0.2, 0.25) is 0 Å². The largest absolute Gasteiger partial charge is 0.206 e. The van der Waals surface area contributed by atoms with E-state index in [1.54, 1.807) is 17.4 Å². The van der Waals surface area contributed by atoms with Gasteiger partial charge in [-0.1, -0.05) is 15.9 Å². The molecule has 0 aliphatic heterocycles. The zero-order valence-electron chi connectivity index (χ0n) is 7.10. The van der Waals surface area contributed by atoms with Gasteiger partial charge in [0.15, 0.2) is 0 Å². The van der Waals surface area contributed by atoms with Crippen molar-refractivity contribution in [3.05, 3.63) is 34.5 Å². The van der Waals surface area contributed by atoms with Gasteiger partial charge < -0.3 is 0 Å². The van der Waals surface area contributed by atoms with Gasteiger partial charge in [0.1, 0.15) is 5.82 Å². The molecule has 0 saturated carbocycles. The quantitative estimate of drug-likeness (QED) is 0.672. The number of thiophene rings is 1. The number of halogens is 2. The molecule has 1 heterocycles. The van der Waals surface area contributed by atoms with Crippen LogP contribution in [-0.2, 0) is 5.33 Å². The number of hydrogen-bond donors (Lipinski definition) is 0. The summed E-state index contributed by atoms with van der Waals surface area (Å²) in [5, 5.41) is 3.49. The van der Waals surface area contributed by atoms with Crippen LogP contribution in [-0.4, -0.2) is 0 Å². The predicted octanol–water partition coefficient (Wildman–Crippen LogP) is 4.24. The lowest BCUT2D eigenvalue weighted by molar-refractivity contribution is 0.638.